The van der Waals surface area contributed by atoms with Crippen LogP contribution in [0.1, 0.15) is 51.4 Å². The maximum Gasteiger partial charge on any atom is 0.305 e. The fourth-order valence-electron chi connectivity index (χ4n) is 2.10. The van der Waals surface area contributed by atoms with Gasteiger partial charge in [-0.15, -0.1) is 0 Å². The summed E-state index contributed by atoms with van der Waals surface area (Å²) in [6, 6.07) is 0. The maximum absolute atomic E-state index is 10.8. The summed E-state index contributed by atoms with van der Waals surface area (Å²) in [5.41, 5.74) is 0. The van der Waals surface area contributed by atoms with Crippen molar-refractivity contribution < 1.29 is 14.6 Å². The molecule has 0 aromatic carbocycles. The van der Waals surface area contributed by atoms with E-state index in [9.17, 15) is 4.79 Å². The first-order valence-corrected chi connectivity index (χ1v) is 7.57. The average molecular weight is 278 g/mol. The highest BCUT2D eigenvalue weighted by Gasteiger charge is 2.11. The fourth-order valence-corrected chi connectivity index (χ4v) is 2.10. The Bertz CT molecular complexity index is 342. The topological polar surface area (TPSA) is 46.5 Å². The first kappa shape index (κ1) is 16.7. The fraction of sp³-hybridized carbons (Fsp3) is 0.588. The Kier molecular flexibility index (Phi) is 9.58. The van der Waals surface area contributed by atoms with Crippen LogP contribution in [-0.2, 0) is 9.53 Å². The Hall–Kier alpha value is -1.35. The Morgan fingerprint density at radius 2 is 1.70 bits per heavy atom. The molecule has 3 nitrogen and oxygen atoms in total. The summed E-state index contributed by atoms with van der Waals surface area (Å²) in [7, 11) is 0. The van der Waals surface area contributed by atoms with Crippen LogP contribution in [0.25, 0.3) is 0 Å². The third-order valence-electron chi connectivity index (χ3n) is 3.21. The number of aliphatic carboxylic acids is 1. The minimum absolute atomic E-state index is 0.0862. The van der Waals surface area contributed by atoms with Crippen molar-refractivity contribution in [2.45, 2.75) is 57.5 Å². The molecule has 0 saturated heterocycles. The van der Waals surface area contributed by atoms with E-state index < -0.39 is 5.97 Å². The van der Waals surface area contributed by atoms with Gasteiger partial charge in [0.25, 0.3) is 0 Å². The predicted octanol–water partition coefficient (Wildman–Crippen LogP) is 4.26. The second-order valence-corrected chi connectivity index (χ2v) is 5.06. The molecule has 0 aromatic heterocycles. The first-order valence-electron chi connectivity index (χ1n) is 7.57. The van der Waals surface area contributed by atoms with Gasteiger partial charge in [-0.3, -0.25) is 4.79 Å². The van der Waals surface area contributed by atoms with Crippen molar-refractivity contribution in [1.29, 1.82) is 0 Å². The summed E-state index contributed by atoms with van der Waals surface area (Å²) in [5, 5.41) is 8.88. The highest BCUT2D eigenvalue weighted by atomic mass is 16.5. The second kappa shape index (κ2) is 11.5. The normalized spacial score (nSPS) is 22.7. The number of rotatable bonds is 2. The Labute approximate surface area is 122 Å². The Morgan fingerprint density at radius 3 is 2.45 bits per heavy atom. The molecule has 1 unspecified atom stereocenters. The molecule has 3 heteroatoms. The minimum Gasteiger partial charge on any atom is -0.481 e. The number of carboxylic acids is 1. The summed E-state index contributed by atoms with van der Waals surface area (Å²) in [4.78, 5) is 10.8. The molecule has 0 aliphatic carbocycles. The lowest BCUT2D eigenvalue weighted by Gasteiger charge is -2.14. The Morgan fingerprint density at radius 1 is 1.00 bits per heavy atom. The van der Waals surface area contributed by atoms with Crippen LogP contribution < -0.4 is 0 Å². The smallest absolute Gasteiger partial charge is 0.305 e. The maximum atomic E-state index is 10.8. The molecule has 0 amide bonds. The van der Waals surface area contributed by atoms with E-state index in [1.54, 1.807) is 0 Å². The van der Waals surface area contributed by atoms with Gasteiger partial charge in [0.2, 0.25) is 0 Å². The molecule has 112 valence electrons. The van der Waals surface area contributed by atoms with E-state index in [1.807, 2.05) is 6.08 Å². The highest BCUT2D eigenvalue weighted by Crippen LogP contribution is 2.09. The monoisotopic (exact) mass is 278 g/mol. The van der Waals surface area contributed by atoms with Crippen LogP contribution in [0.15, 0.2) is 36.5 Å². The van der Waals surface area contributed by atoms with Gasteiger partial charge in [-0.25, -0.2) is 0 Å². The van der Waals surface area contributed by atoms with Gasteiger partial charge in [0, 0.05) is 6.61 Å². The zero-order valence-electron chi connectivity index (χ0n) is 12.2. The lowest BCUT2D eigenvalue weighted by atomic mass is 10.1. The van der Waals surface area contributed by atoms with E-state index in [0.29, 0.717) is 13.0 Å². The Balaban J connectivity index is 2.44. The van der Waals surface area contributed by atoms with E-state index in [-0.39, 0.29) is 12.5 Å². The van der Waals surface area contributed by atoms with Crippen molar-refractivity contribution in [1.82, 2.24) is 0 Å². The average Bonchev–Trinajstić information content (AvgIpc) is 2.40. The van der Waals surface area contributed by atoms with Gasteiger partial charge in [0.1, 0.15) is 0 Å². The van der Waals surface area contributed by atoms with E-state index in [1.165, 1.54) is 6.42 Å². The van der Waals surface area contributed by atoms with Crippen LogP contribution in [-0.4, -0.2) is 23.8 Å². The van der Waals surface area contributed by atoms with E-state index >= 15 is 0 Å². The zero-order chi connectivity index (χ0) is 14.5. The van der Waals surface area contributed by atoms with Gasteiger partial charge >= 0.3 is 5.97 Å². The van der Waals surface area contributed by atoms with Crippen LogP contribution in [0.4, 0.5) is 0 Å². The number of carbonyl (C=O) groups is 1. The third-order valence-corrected chi connectivity index (χ3v) is 3.21. The largest absolute Gasteiger partial charge is 0.481 e. The minimum atomic E-state index is -0.789. The number of ether oxygens (including phenoxy) is 1. The van der Waals surface area contributed by atoms with Crippen molar-refractivity contribution in [2.24, 2.45) is 0 Å². The molecule has 1 rings (SSSR count). The molecular weight excluding hydrogens is 252 g/mol. The van der Waals surface area contributed by atoms with Crippen molar-refractivity contribution in [3.8, 4) is 0 Å². The molecule has 0 bridgehead atoms. The van der Waals surface area contributed by atoms with Crippen LogP contribution in [0.5, 0.6) is 0 Å². The summed E-state index contributed by atoms with van der Waals surface area (Å²) in [6.45, 7) is 0.662. The highest BCUT2D eigenvalue weighted by molar-refractivity contribution is 5.67. The molecule has 0 saturated carbocycles. The standard InChI is InChI=1S/C17H26O3/c18-17(19)15-16-13-11-9-7-5-3-1-2-4-6-8-10-12-14-20-16/h2-5,9,11,16H,1,6-8,10,12-15H2,(H,18,19). The first-order chi connectivity index (χ1) is 9.79. The van der Waals surface area contributed by atoms with Gasteiger partial charge in [-0.1, -0.05) is 42.9 Å². The van der Waals surface area contributed by atoms with Crippen LogP contribution >= 0.6 is 0 Å². The number of allylic oxidation sites excluding steroid dienone is 5. The summed E-state index contributed by atoms with van der Waals surface area (Å²) in [5.74, 6) is -0.789. The molecule has 1 heterocycles. The summed E-state index contributed by atoms with van der Waals surface area (Å²) < 4.78 is 5.69. The van der Waals surface area contributed by atoms with E-state index in [4.69, 9.17) is 9.84 Å². The number of hydrogen-bond donors (Lipinski definition) is 1. The summed E-state index contributed by atoms with van der Waals surface area (Å²) in [6.07, 6.45) is 19.8. The van der Waals surface area contributed by atoms with Crippen molar-refractivity contribution in [3.63, 3.8) is 0 Å². The number of carboxylic acid groups (broad SMARTS) is 1. The van der Waals surface area contributed by atoms with Gasteiger partial charge < -0.3 is 9.84 Å². The molecule has 1 atom stereocenters. The molecule has 1 N–H and O–H groups in total. The van der Waals surface area contributed by atoms with Gasteiger partial charge in [0.05, 0.1) is 12.5 Å². The third kappa shape index (κ3) is 9.56. The van der Waals surface area contributed by atoms with Crippen LogP contribution in [0, 0.1) is 0 Å². The summed E-state index contributed by atoms with van der Waals surface area (Å²) >= 11 is 0. The lowest BCUT2D eigenvalue weighted by molar-refractivity contribution is -0.140. The van der Waals surface area contributed by atoms with Crippen molar-refractivity contribution in [2.75, 3.05) is 6.61 Å². The van der Waals surface area contributed by atoms with Crippen LogP contribution in [0.3, 0.4) is 0 Å². The molecule has 0 radical (unpaired) electrons. The van der Waals surface area contributed by atoms with E-state index in [2.05, 4.69) is 30.4 Å². The lowest BCUT2D eigenvalue weighted by Crippen LogP contribution is -2.17. The number of hydrogen-bond acceptors (Lipinski definition) is 2. The van der Waals surface area contributed by atoms with Crippen molar-refractivity contribution >= 4 is 5.97 Å². The zero-order valence-corrected chi connectivity index (χ0v) is 12.2. The van der Waals surface area contributed by atoms with Crippen LogP contribution in [0.2, 0.25) is 0 Å². The predicted molar refractivity (Wildman–Crippen MR) is 81.7 cm³/mol. The molecule has 0 fully saturated rings. The van der Waals surface area contributed by atoms with Gasteiger partial charge in [0.15, 0.2) is 0 Å². The molecular formula is C17H26O3. The van der Waals surface area contributed by atoms with E-state index in [0.717, 1.165) is 32.1 Å². The molecule has 0 aromatic rings. The van der Waals surface area contributed by atoms with Gasteiger partial charge in [-0.05, 0) is 38.5 Å². The van der Waals surface area contributed by atoms with Crippen molar-refractivity contribution in [3.05, 3.63) is 36.5 Å². The molecule has 1 aliphatic rings. The SMILES string of the molecule is O=C(O)CC1CC=CCC=CCC=CCCCCCO1. The van der Waals surface area contributed by atoms with Gasteiger partial charge in [-0.2, -0.15) is 0 Å². The molecule has 0 spiro atoms. The second-order valence-electron chi connectivity index (χ2n) is 5.06. The quantitative estimate of drug-likeness (QED) is 0.768. The molecule has 20 heavy (non-hydrogen) atoms. The molecule has 1 aliphatic heterocycles.